The highest BCUT2D eigenvalue weighted by Crippen LogP contribution is 2.33. The van der Waals surface area contributed by atoms with Gasteiger partial charge in [-0.15, -0.1) is 0 Å². The van der Waals surface area contributed by atoms with Gasteiger partial charge in [0.05, 0.1) is 7.11 Å². The van der Waals surface area contributed by atoms with Crippen LogP contribution in [0.2, 0.25) is 0 Å². The first-order valence-electron chi connectivity index (χ1n) is 4.70. The molecule has 2 rings (SSSR count). The van der Waals surface area contributed by atoms with Crippen molar-refractivity contribution in [2.24, 2.45) is 0 Å². The summed E-state index contributed by atoms with van der Waals surface area (Å²) in [7, 11) is 1.51. The van der Waals surface area contributed by atoms with Gasteiger partial charge in [0.1, 0.15) is 23.0 Å². The molecule has 1 aromatic heterocycles. The molecule has 1 heterocycles. The molecule has 2 aromatic rings. The van der Waals surface area contributed by atoms with E-state index in [1.807, 2.05) is 0 Å². The molecule has 0 saturated carbocycles. The lowest BCUT2D eigenvalue weighted by Gasteiger charge is -2.08. The summed E-state index contributed by atoms with van der Waals surface area (Å²) in [6, 6.07) is 7.23. The molecule has 0 aliphatic heterocycles. The molecule has 0 amide bonds. The quantitative estimate of drug-likeness (QED) is 0.844. The number of nitrogens with zero attached hydrogens (tertiary/aromatic N) is 1. The first kappa shape index (κ1) is 10.4. The van der Waals surface area contributed by atoms with Crippen molar-refractivity contribution >= 4 is 0 Å². The fourth-order valence-corrected chi connectivity index (χ4v) is 1.46. The van der Waals surface area contributed by atoms with Gasteiger partial charge in [0.2, 0.25) is 0 Å². The van der Waals surface area contributed by atoms with E-state index in [4.69, 9.17) is 4.74 Å². The van der Waals surface area contributed by atoms with E-state index in [0.717, 1.165) is 6.07 Å². The van der Waals surface area contributed by atoms with E-state index in [9.17, 15) is 9.50 Å². The molecule has 0 aliphatic carbocycles. The van der Waals surface area contributed by atoms with E-state index in [2.05, 4.69) is 4.98 Å². The summed E-state index contributed by atoms with van der Waals surface area (Å²) in [6.07, 6.45) is 1.58. The lowest BCUT2D eigenvalue weighted by molar-refractivity contribution is 0.414. The van der Waals surface area contributed by atoms with Crippen LogP contribution in [0.4, 0.5) is 4.39 Å². The molecule has 0 unspecified atom stereocenters. The fourth-order valence-electron chi connectivity index (χ4n) is 1.46. The number of ether oxygens (including phenoxy) is 1. The van der Waals surface area contributed by atoms with Gasteiger partial charge in [-0.05, 0) is 24.3 Å². The van der Waals surface area contributed by atoms with Crippen molar-refractivity contribution in [3.8, 4) is 22.8 Å². The third-order valence-corrected chi connectivity index (χ3v) is 2.21. The van der Waals surface area contributed by atoms with Crippen molar-refractivity contribution in [2.75, 3.05) is 7.11 Å². The van der Waals surface area contributed by atoms with Crippen molar-refractivity contribution < 1.29 is 14.2 Å². The smallest absolute Gasteiger partial charge is 0.145 e. The average Bonchev–Trinajstić information content (AvgIpc) is 2.29. The van der Waals surface area contributed by atoms with E-state index in [1.165, 1.54) is 19.2 Å². The molecule has 0 fully saturated rings. The number of halogens is 1. The maximum atomic E-state index is 12.8. The van der Waals surface area contributed by atoms with Gasteiger partial charge in [0.15, 0.2) is 0 Å². The molecular weight excluding hydrogens is 209 g/mol. The summed E-state index contributed by atoms with van der Waals surface area (Å²) in [4.78, 5) is 4.10. The molecule has 4 heteroatoms. The standard InChI is InChI=1S/C12H10FNO2/c1-16-11-3-2-6-14-12(11)9-5-4-8(13)7-10(9)15/h2-7,15H,1H3. The number of aromatic nitrogens is 1. The second-order valence-corrected chi connectivity index (χ2v) is 3.22. The molecule has 16 heavy (non-hydrogen) atoms. The van der Waals surface area contributed by atoms with Crippen LogP contribution in [0, 0.1) is 5.82 Å². The maximum Gasteiger partial charge on any atom is 0.145 e. The van der Waals surface area contributed by atoms with Crippen molar-refractivity contribution in [2.45, 2.75) is 0 Å². The summed E-state index contributed by atoms with van der Waals surface area (Å²) in [6.45, 7) is 0. The number of phenols is 1. The van der Waals surface area contributed by atoms with E-state index >= 15 is 0 Å². The topological polar surface area (TPSA) is 42.4 Å². The SMILES string of the molecule is COc1cccnc1-c1ccc(F)cc1O. The van der Waals surface area contributed by atoms with Gasteiger partial charge in [-0.1, -0.05) is 0 Å². The summed E-state index contributed by atoms with van der Waals surface area (Å²) in [5, 5.41) is 9.63. The highest BCUT2D eigenvalue weighted by molar-refractivity contribution is 5.71. The summed E-state index contributed by atoms with van der Waals surface area (Å²) < 4.78 is 18.0. The van der Waals surface area contributed by atoms with Crippen LogP contribution in [-0.4, -0.2) is 17.2 Å². The predicted molar refractivity (Wildman–Crippen MR) is 57.8 cm³/mol. The maximum absolute atomic E-state index is 12.8. The van der Waals surface area contributed by atoms with Gasteiger partial charge in [0, 0.05) is 17.8 Å². The summed E-state index contributed by atoms with van der Waals surface area (Å²) >= 11 is 0. The first-order valence-corrected chi connectivity index (χ1v) is 4.70. The van der Waals surface area contributed by atoms with Crippen molar-refractivity contribution in [3.63, 3.8) is 0 Å². The van der Waals surface area contributed by atoms with Crippen molar-refractivity contribution in [1.29, 1.82) is 0 Å². The summed E-state index contributed by atoms with van der Waals surface area (Å²) in [5.74, 6) is -0.113. The Hall–Kier alpha value is -2.10. The Morgan fingerprint density at radius 2 is 2.12 bits per heavy atom. The first-order chi connectivity index (χ1) is 7.72. The number of benzene rings is 1. The average molecular weight is 219 g/mol. The molecule has 3 nitrogen and oxygen atoms in total. The highest BCUT2D eigenvalue weighted by atomic mass is 19.1. The zero-order valence-corrected chi connectivity index (χ0v) is 8.64. The number of pyridine rings is 1. The second kappa shape index (κ2) is 4.18. The van der Waals surface area contributed by atoms with Crippen LogP contribution in [0.25, 0.3) is 11.3 Å². The largest absolute Gasteiger partial charge is 0.507 e. The Morgan fingerprint density at radius 3 is 2.81 bits per heavy atom. The van der Waals surface area contributed by atoms with Crippen LogP contribution in [0.3, 0.4) is 0 Å². The number of aromatic hydroxyl groups is 1. The lowest BCUT2D eigenvalue weighted by atomic mass is 10.1. The third-order valence-electron chi connectivity index (χ3n) is 2.21. The number of hydrogen-bond acceptors (Lipinski definition) is 3. The molecule has 1 aromatic carbocycles. The van der Waals surface area contributed by atoms with Crippen LogP contribution in [0.5, 0.6) is 11.5 Å². The van der Waals surface area contributed by atoms with E-state index < -0.39 is 5.82 Å². The Balaban J connectivity index is 2.58. The molecule has 0 atom stereocenters. The zero-order chi connectivity index (χ0) is 11.5. The molecular formula is C12H10FNO2. The Kier molecular flexibility index (Phi) is 2.72. The molecule has 0 spiro atoms. The van der Waals surface area contributed by atoms with Gasteiger partial charge in [-0.2, -0.15) is 0 Å². The lowest BCUT2D eigenvalue weighted by Crippen LogP contribution is -1.91. The predicted octanol–water partition coefficient (Wildman–Crippen LogP) is 2.60. The Bertz CT molecular complexity index is 514. The molecule has 0 aliphatic rings. The van der Waals surface area contributed by atoms with Gasteiger partial charge >= 0.3 is 0 Å². The zero-order valence-electron chi connectivity index (χ0n) is 8.64. The summed E-state index contributed by atoms with van der Waals surface area (Å²) in [5.41, 5.74) is 0.932. The molecule has 82 valence electrons. The van der Waals surface area contributed by atoms with Gasteiger partial charge in [-0.3, -0.25) is 4.98 Å². The third kappa shape index (κ3) is 1.82. The minimum Gasteiger partial charge on any atom is -0.507 e. The second-order valence-electron chi connectivity index (χ2n) is 3.22. The van der Waals surface area contributed by atoms with Crippen LogP contribution >= 0.6 is 0 Å². The Labute approximate surface area is 92.1 Å². The fraction of sp³-hybridized carbons (Fsp3) is 0.0833. The van der Waals surface area contributed by atoms with Gasteiger partial charge in [0.25, 0.3) is 0 Å². The van der Waals surface area contributed by atoms with Gasteiger partial charge < -0.3 is 9.84 Å². The van der Waals surface area contributed by atoms with Crippen LogP contribution in [0.15, 0.2) is 36.5 Å². The van der Waals surface area contributed by atoms with E-state index in [-0.39, 0.29) is 5.75 Å². The van der Waals surface area contributed by atoms with E-state index in [0.29, 0.717) is 17.0 Å². The Morgan fingerprint density at radius 1 is 1.31 bits per heavy atom. The van der Waals surface area contributed by atoms with Crippen LogP contribution < -0.4 is 4.74 Å². The van der Waals surface area contributed by atoms with E-state index in [1.54, 1.807) is 18.3 Å². The highest BCUT2D eigenvalue weighted by Gasteiger charge is 2.11. The van der Waals surface area contributed by atoms with Crippen molar-refractivity contribution in [3.05, 3.63) is 42.3 Å². The molecule has 1 N–H and O–H groups in total. The molecule has 0 radical (unpaired) electrons. The number of hydrogen-bond donors (Lipinski definition) is 1. The van der Waals surface area contributed by atoms with Crippen LogP contribution in [-0.2, 0) is 0 Å². The molecule has 0 bridgehead atoms. The minimum absolute atomic E-state index is 0.156. The number of phenolic OH excluding ortho intramolecular Hbond substituents is 1. The monoisotopic (exact) mass is 219 g/mol. The number of methoxy groups -OCH3 is 1. The van der Waals surface area contributed by atoms with Gasteiger partial charge in [-0.25, -0.2) is 4.39 Å². The minimum atomic E-state index is -0.490. The molecule has 0 saturated heterocycles. The number of rotatable bonds is 2. The van der Waals surface area contributed by atoms with Crippen molar-refractivity contribution in [1.82, 2.24) is 4.98 Å². The van der Waals surface area contributed by atoms with Crippen LogP contribution in [0.1, 0.15) is 0 Å². The normalized spacial score (nSPS) is 10.1.